The first-order chi connectivity index (χ1) is 15.8. The van der Waals surface area contributed by atoms with Crippen molar-refractivity contribution in [3.05, 3.63) is 48.2 Å². The number of carbonyl (C=O) groups excluding carboxylic acids is 2. The minimum atomic E-state index is -0.915. The smallest absolute Gasteiger partial charge is 0.252 e. The molecular weight excluding hydrogens is 438 g/mol. The van der Waals surface area contributed by atoms with Crippen molar-refractivity contribution in [3.8, 4) is 21.8 Å². The predicted octanol–water partition coefficient (Wildman–Crippen LogP) is 3.08. The molecule has 168 valence electrons. The molecule has 0 unspecified atom stereocenters. The van der Waals surface area contributed by atoms with Crippen molar-refractivity contribution in [2.24, 2.45) is 0 Å². The SMILES string of the molecule is CC(=O)N1CCN(c2cccc(-c3cc(-c4nccs4)c4c(N)ncnn34)c2)C(=O)C1(C)C. The number of aromatic nitrogens is 4. The first-order valence-corrected chi connectivity index (χ1v) is 11.4. The number of piperazine rings is 1. The van der Waals surface area contributed by atoms with Crippen molar-refractivity contribution in [1.82, 2.24) is 24.5 Å². The Kier molecular flexibility index (Phi) is 4.89. The zero-order chi connectivity index (χ0) is 23.3. The summed E-state index contributed by atoms with van der Waals surface area (Å²) in [7, 11) is 0. The third-order valence-corrected chi connectivity index (χ3v) is 6.88. The van der Waals surface area contributed by atoms with Crippen LogP contribution in [0, 0.1) is 0 Å². The highest BCUT2D eigenvalue weighted by atomic mass is 32.1. The summed E-state index contributed by atoms with van der Waals surface area (Å²) in [6.07, 6.45) is 3.17. The maximum atomic E-state index is 13.3. The van der Waals surface area contributed by atoms with Gasteiger partial charge in [0.15, 0.2) is 5.82 Å². The molecule has 0 atom stereocenters. The Morgan fingerprint density at radius 3 is 2.73 bits per heavy atom. The quantitative estimate of drug-likeness (QED) is 0.502. The summed E-state index contributed by atoms with van der Waals surface area (Å²) >= 11 is 1.52. The number of hydrogen-bond donors (Lipinski definition) is 1. The molecule has 0 aliphatic carbocycles. The number of hydrogen-bond acceptors (Lipinski definition) is 7. The lowest BCUT2D eigenvalue weighted by molar-refractivity contribution is -0.145. The van der Waals surface area contributed by atoms with Gasteiger partial charge in [0.2, 0.25) is 5.91 Å². The Morgan fingerprint density at radius 1 is 1.18 bits per heavy atom. The third-order valence-electron chi connectivity index (χ3n) is 6.07. The fraction of sp³-hybridized carbons (Fsp3) is 0.261. The lowest BCUT2D eigenvalue weighted by Gasteiger charge is -2.45. The molecule has 5 rings (SSSR count). The van der Waals surface area contributed by atoms with Gasteiger partial charge in [0.05, 0.1) is 5.69 Å². The first kappa shape index (κ1) is 21.1. The summed E-state index contributed by atoms with van der Waals surface area (Å²) in [6, 6.07) is 9.74. The van der Waals surface area contributed by atoms with E-state index in [0.29, 0.717) is 24.4 Å². The molecule has 0 spiro atoms. The Morgan fingerprint density at radius 2 is 2.00 bits per heavy atom. The molecule has 9 nitrogen and oxygen atoms in total. The number of fused-ring (bicyclic) bond motifs is 1. The van der Waals surface area contributed by atoms with E-state index in [2.05, 4.69) is 15.1 Å². The van der Waals surface area contributed by atoms with Gasteiger partial charge < -0.3 is 15.5 Å². The molecule has 1 aromatic carbocycles. The predicted molar refractivity (Wildman–Crippen MR) is 128 cm³/mol. The van der Waals surface area contributed by atoms with Crippen molar-refractivity contribution in [3.63, 3.8) is 0 Å². The van der Waals surface area contributed by atoms with Crippen LogP contribution in [0.3, 0.4) is 0 Å². The summed E-state index contributed by atoms with van der Waals surface area (Å²) in [5, 5.41) is 7.17. The van der Waals surface area contributed by atoms with Crippen LogP contribution in [0.25, 0.3) is 27.3 Å². The summed E-state index contributed by atoms with van der Waals surface area (Å²) in [6.45, 7) is 5.97. The Balaban J connectivity index is 1.60. The molecule has 1 saturated heterocycles. The molecule has 1 aliphatic rings. The number of nitrogens with two attached hydrogens (primary N) is 1. The molecule has 2 N–H and O–H groups in total. The van der Waals surface area contributed by atoms with Gasteiger partial charge in [0.1, 0.15) is 22.4 Å². The van der Waals surface area contributed by atoms with E-state index in [1.807, 2.05) is 35.7 Å². The molecule has 3 aromatic heterocycles. The molecule has 0 radical (unpaired) electrons. The van der Waals surface area contributed by atoms with Crippen LogP contribution >= 0.6 is 11.3 Å². The van der Waals surface area contributed by atoms with Crippen LogP contribution in [-0.2, 0) is 9.59 Å². The first-order valence-electron chi connectivity index (χ1n) is 10.5. The van der Waals surface area contributed by atoms with Gasteiger partial charge in [0.25, 0.3) is 5.91 Å². The molecule has 10 heteroatoms. The third kappa shape index (κ3) is 3.34. The minimum Gasteiger partial charge on any atom is -0.382 e. The van der Waals surface area contributed by atoms with Crippen LogP contribution in [-0.4, -0.2) is 54.9 Å². The average Bonchev–Trinajstić information content (AvgIpc) is 3.44. The second-order valence-electron chi connectivity index (χ2n) is 8.42. The summed E-state index contributed by atoms with van der Waals surface area (Å²) in [4.78, 5) is 37.3. The maximum absolute atomic E-state index is 13.3. The number of benzene rings is 1. The molecule has 2 amide bonds. The Hall–Kier alpha value is -3.79. The molecule has 4 aromatic rings. The second-order valence-corrected chi connectivity index (χ2v) is 9.32. The van der Waals surface area contributed by atoms with Crippen LogP contribution < -0.4 is 10.6 Å². The summed E-state index contributed by atoms with van der Waals surface area (Å²) in [5.41, 5.74) is 9.31. The minimum absolute atomic E-state index is 0.103. The van der Waals surface area contributed by atoms with E-state index in [1.165, 1.54) is 24.6 Å². The van der Waals surface area contributed by atoms with Crippen molar-refractivity contribution in [2.45, 2.75) is 26.3 Å². The van der Waals surface area contributed by atoms with Gasteiger partial charge in [-0.05, 0) is 32.0 Å². The zero-order valence-electron chi connectivity index (χ0n) is 18.5. The summed E-state index contributed by atoms with van der Waals surface area (Å²) in [5.74, 6) is 0.152. The van der Waals surface area contributed by atoms with Gasteiger partial charge in [-0.15, -0.1) is 11.3 Å². The molecule has 0 bridgehead atoms. The fourth-order valence-corrected chi connectivity index (χ4v) is 5.11. The number of thiazole rings is 1. The molecular formula is C23H23N7O2S. The lowest BCUT2D eigenvalue weighted by Crippen LogP contribution is -2.64. The fourth-order valence-electron chi connectivity index (χ4n) is 4.45. The van der Waals surface area contributed by atoms with Gasteiger partial charge in [0, 0.05) is 48.4 Å². The van der Waals surface area contributed by atoms with E-state index in [-0.39, 0.29) is 11.8 Å². The number of nitrogens with zero attached hydrogens (tertiary/aromatic N) is 6. The van der Waals surface area contributed by atoms with E-state index in [0.717, 1.165) is 27.5 Å². The van der Waals surface area contributed by atoms with Crippen molar-refractivity contribution < 1.29 is 9.59 Å². The van der Waals surface area contributed by atoms with Crippen LogP contribution in [0.2, 0.25) is 0 Å². The van der Waals surface area contributed by atoms with Crippen LogP contribution in [0.4, 0.5) is 11.5 Å². The van der Waals surface area contributed by atoms with Gasteiger partial charge >= 0.3 is 0 Å². The van der Waals surface area contributed by atoms with Gasteiger partial charge in [-0.25, -0.2) is 14.5 Å². The van der Waals surface area contributed by atoms with E-state index in [9.17, 15) is 9.59 Å². The van der Waals surface area contributed by atoms with Gasteiger partial charge in [-0.3, -0.25) is 9.59 Å². The van der Waals surface area contributed by atoms with E-state index < -0.39 is 5.54 Å². The van der Waals surface area contributed by atoms with Crippen molar-refractivity contribution >= 4 is 40.2 Å². The molecule has 1 fully saturated rings. The van der Waals surface area contributed by atoms with Gasteiger partial charge in [-0.1, -0.05) is 12.1 Å². The normalized spacial score (nSPS) is 15.9. The number of amides is 2. The molecule has 1 aliphatic heterocycles. The van der Waals surface area contributed by atoms with E-state index in [4.69, 9.17) is 5.73 Å². The Labute approximate surface area is 194 Å². The number of rotatable bonds is 3. The Bertz CT molecular complexity index is 1380. The maximum Gasteiger partial charge on any atom is 0.252 e. The van der Waals surface area contributed by atoms with Crippen LogP contribution in [0.1, 0.15) is 20.8 Å². The molecule has 4 heterocycles. The monoisotopic (exact) mass is 461 g/mol. The van der Waals surface area contributed by atoms with E-state index >= 15 is 0 Å². The number of nitrogen functional groups attached to an aromatic ring is 1. The highest BCUT2D eigenvalue weighted by Crippen LogP contribution is 2.37. The van der Waals surface area contributed by atoms with Crippen molar-refractivity contribution in [2.75, 3.05) is 23.7 Å². The topological polar surface area (TPSA) is 110 Å². The highest BCUT2D eigenvalue weighted by Gasteiger charge is 2.43. The summed E-state index contributed by atoms with van der Waals surface area (Å²) < 4.78 is 1.76. The second kappa shape index (κ2) is 7.66. The standard InChI is InChI=1S/C23H23N7O2S/c1-14(31)29-9-8-28(22(32)23(29,2)3)16-6-4-5-15(11-16)18-12-17(21-25-7-10-33-21)19-20(24)26-13-27-30(18)19/h4-7,10-13H,8-9H2,1-3H3,(H2,24,26,27). The van der Waals surface area contributed by atoms with Crippen LogP contribution in [0.15, 0.2) is 48.2 Å². The van der Waals surface area contributed by atoms with Gasteiger partial charge in [-0.2, -0.15) is 5.10 Å². The lowest BCUT2D eigenvalue weighted by atomic mass is 9.96. The van der Waals surface area contributed by atoms with Crippen LogP contribution in [0.5, 0.6) is 0 Å². The molecule has 0 saturated carbocycles. The number of anilines is 2. The zero-order valence-corrected chi connectivity index (χ0v) is 19.3. The largest absolute Gasteiger partial charge is 0.382 e. The number of carbonyl (C=O) groups is 2. The molecule has 33 heavy (non-hydrogen) atoms. The average molecular weight is 462 g/mol. The van der Waals surface area contributed by atoms with E-state index in [1.54, 1.807) is 34.4 Å². The van der Waals surface area contributed by atoms with Crippen molar-refractivity contribution in [1.29, 1.82) is 0 Å². The highest BCUT2D eigenvalue weighted by molar-refractivity contribution is 7.13.